The van der Waals surface area contributed by atoms with E-state index >= 15 is 0 Å². The van der Waals surface area contributed by atoms with Crippen LogP contribution in [0.25, 0.3) is 10.9 Å². The highest BCUT2D eigenvalue weighted by atomic mass is 16.4. The Morgan fingerprint density at radius 1 is 1.19 bits per heavy atom. The molecule has 0 spiro atoms. The van der Waals surface area contributed by atoms with E-state index in [1.54, 1.807) is 42.5 Å². The largest absolute Gasteiger partial charge is 0.550 e. The third-order valence-corrected chi connectivity index (χ3v) is 5.99. The lowest BCUT2D eigenvalue weighted by Gasteiger charge is -2.39. The molecule has 2 N–H and O–H groups in total. The van der Waals surface area contributed by atoms with E-state index in [2.05, 4.69) is 15.0 Å². The molecule has 10 heteroatoms. The van der Waals surface area contributed by atoms with Gasteiger partial charge in [0.05, 0.1) is 10.9 Å². The van der Waals surface area contributed by atoms with Crippen LogP contribution >= 0.6 is 0 Å². The number of aromatic amines is 1. The molecule has 0 aliphatic carbocycles. The Labute approximate surface area is 182 Å². The molecule has 2 heterocycles. The van der Waals surface area contributed by atoms with Crippen LogP contribution in [0, 0.1) is 11.4 Å². The van der Waals surface area contributed by atoms with Crippen molar-refractivity contribution in [3.8, 4) is 0 Å². The smallest absolute Gasteiger partial charge is 0.328 e. The number of nitrogens with one attached hydrogen (secondary N) is 2. The number of carbonyl (C=O) groups excluding carboxylic acids is 1. The third kappa shape index (κ3) is 4.27. The van der Waals surface area contributed by atoms with Crippen LogP contribution in [0.15, 0.2) is 63.2 Å². The summed E-state index contributed by atoms with van der Waals surface area (Å²) in [5, 5.41) is 16.0. The number of piperidine rings is 1. The van der Waals surface area contributed by atoms with Gasteiger partial charge in [0, 0.05) is 31.5 Å². The molecule has 10 nitrogen and oxygen atoms in total. The number of H-pyrrole nitrogens is 1. The van der Waals surface area contributed by atoms with Crippen molar-refractivity contribution < 1.29 is 9.90 Å². The van der Waals surface area contributed by atoms with Crippen molar-refractivity contribution in [2.24, 2.45) is 11.0 Å². The number of carboxylic acids is 1. The maximum absolute atomic E-state index is 12.7. The van der Waals surface area contributed by atoms with Crippen molar-refractivity contribution in [2.45, 2.75) is 18.9 Å². The van der Waals surface area contributed by atoms with E-state index in [0.717, 1.165) is 10.1 Å². The van der Waals surface area contributed by atoms with E-state index in [-0.39, 0.29) is 24.6 Å². The summed E-state index contributed by atoms with van der Waals surface area (Å²) < 4.78 is 1.15. The topological polar surface area (TPSA) is 149 Å². The fraction of sp³-hybridized carbons (Fsp3) is 0.318. The summed E-state index contributed by atoms with van der Waals surface area (Å²) in [4.78, 5) is 44.7. The normalized spacial score (nSPS) is 18.9. The Bertz CT molecular complexity index is 1320. The Morgan fingerprint density at radius 2 is 2.00 bits per heavy atom. The molecule has 1 fully saturated rings. The molecular formula is C22H22N6O4. The van der Waals surface area contributed by atoms with Crippen LogP contribution in [0.3, 0.4) is 0 Å². The van der Waals surface area contributed by atoms with Gasteiger partial charge in [-0.15, -0.1) is 0 Å². The predicted molar refractivity (Wildman–Crippen MR) is 115 cm³/mol. The Balaban J connectivity index is 1.51. The molecular weight excluding hydrogens is 412 g/mol. The Kier molecular flexibility index (Phi) is 6.07. The quantitative estimate of drug-likeness (QED) is 0.433. The molecule has 164 valence electrons. The number of hydrogen-bond acceptors (Lipinski definition) is 7. The van der Waals surface area contributed by atoms with Crippen molar-refractivity contribution >= 4 is 22.6 Å². The van der Waals surface area contributed by atoms with E-state index in [1.807, 2.05) is 11.0 Å². The fourth-order valence-corrected chi connectivity index (χ4v) is 4.38. The number of hydrogen-bond donors (Lipinski definition) is 2. The minimum atomic E-state index is -1.15. The molecule has 0 bridgehead atoms. The molecule has 2 aromatic carbocycles. The minimum absolute atomic E-state index is 0.156. The maximum Gasteiger partial charge on any atom is 0.328 e. The Hall–Kier alpha value is -3.88. The summed E-state index contributed by atoms with van der Waals surface area (Å²) in [6.07, 6.45) is 0.573. The first-order valence-electron chi connectivity index (χ1n) is 10.3. The zero-order valence-electron chi connectivity index (χ0n) is 17.2. The van der Waals surface area contributed by atoms with Crippen LogP contribution in [0.5, 0.6) is 0 Å². The standard InChI is InChI=1S/C22H22N6O4/c23-26-25-15-5-3-4-14(12-15)16-8-9-27(13-18(16)21(30)31)10-11-28-20(29)17-6-1-2-7-19(17)24-22(28)32/h1-7,12,16,18,23H,8-11,13H2,(H-,24,29,30,31,32). The second-order valence-electron chi connectivity index (χ2n) is 7.85. The van der Waals surface area contributed by atoms with E-state index in [0.29, 0.717) is 36.1 Å². The lowest BCUT2D eigenvalue weighted by molar-refractivity contribution is -0.313. The average molecular weight is 434 g/mol. The molecule has 2 unspecified atom stereocenters. The van der Waals surface area contributed by atoms with E-state index < -0.39 is 17.6 Å². The zero-order valence-corrected chi connectivity index (χ0v) is 17.2. The van der Waals surface area contributed by atoms with Crippen LogP contribution < -0.4 is 21.3 Å². The molecule has 1 aliphatic heterocycles. The number of para-hydroxylation sites is 1. The molecule has 2 atom stereocenters. The van der Waals surface area contributed by atoms with Crippen LogP contribution in [-0.4, -0.2) is 40.1 Å². The van der Waals surface area contributed by atoms with E-state index in [1.165, 1.54) is 0 Å². The lowest BCUT2D eigenvalue weighted by Crippen LogP contribution is -2.49. The average Bonchev–Trinajstić information content (AvgIpc) is 2.79. The molecule has 4 rings (SSSR count). The number of aliphatic carboxylic acids is 1. The van der Waals surface area contributed by atoms with Crippen molar-refractivity contribution in [3.63, 3.8) is 0 Å². The number of nitrogens with zero attached hydrogens (tertiary/aromatic N) is 4. The number of benzene rings is 2. The van der Waals surface area contributed by atoms with Crippen molar-refractivity contribution in [1.82, 2.24) is 19.4 Å². The molecule has 1 saturated heterocycles. The van der Waals surface area contributed by atoms with Crippen molar-refractivity contribution in [1.29, 1.82) is 5.53 Å². The van der Waals surface area contributed by atoms with E-state index in [4.69, 9.17) is 5.53 Å². The molecule has 0 amide bonds. The highest BCUT2D eigenvalue weighted by molar-refractivity contribution is 5.76. The zero-order chi connectivity index (χ0) is 22.7. The fourth-order valence-electron chi connectivity index (χ4n) is 4.38. The number of fused-ring (bicyclic) bond motifs is 1. The summed E-state index contributed by atoms with van der Waals surface area (Å²) >= 11 is 0. The summed E-state index contributed by atoms with van der Waals surface area (Å²) in [6.45, 7) is 1.38. The number of aromatic nitrogens is 2. The summed E-state index contributed by atoms with van der Waals surface area (Å²) in [5.41, 5.74) is 7.82. The first kappa shape index (κ1) is 21.4. The van der Waals surface area contributed by atoms with Gasteiger partial charge in [-0.1, -0.05) is 24.3 Å². The van der Waals surface area contributed by atoms with Crippen molar-refractivity contribution in [3.05, 3.63) is 74.9 Å². The second kappa shape index (κ2) is 9.09. The third-order valence-electron chi connectivity index (χ3n) is 5.99. The first-order valence-corrected chi connectivity index (χ1v) is 10.3. The van der Waals surface area contributed by atoms with Gasteiger partial charge in [-0.3, -0.25) is 9.36 Å². The van der Waals surface area contributed by atoms with Gasteiger partial charge in [0.2, 0.25) is 4.91 Å². The molecule has 1 aliphatic rings. The monoisotopic (exact) mass is 434 g/mol. The molecule has 0 saturated carbocycles. The maximum atomic E-state index is 12.7. The van der Waals surface area contributed by atoms with Gasteiger partial charge >= 0.3 is 5.69 Å². The van der Waals surface area contributed by atoms with Gasteiger partial charge in [0.15, 0.2) is 10.8 Å². The summed E-state index contributed by atoms with van der Waals surface area (Å²) in [7, 11) is 0. The molecule has 32 heavy (non-hydrogen) atoms. The Morgan fingerprint density at radius 3 is 2.78 bits per heavy atom. The van der Waals surface area contributed by atoms with Gasteiger partial charge in [-0.2, -0.15) is 0 Å². The highest BCUT2D eigenvalue weighted by Crippen LogP contribution is 2.34. The number of likely N-dealkylation sites (tertiary alicyclic amines) is 1. The van der Waals surface area contributed by atoms with Gasteiger partial charge in [-0.05, 0) is 48.7 Å². The SMILES string of the molecule is N=[N+]=Nc1cccc(C2CCN(CCn3c(=O)[nH]c4ccccc4c3=O)CC2C(=O)[O-])c1. The van der Waals surface area contributed by atoms with Gasteiger partial charge < -0.3 is 19.8 Å². The lowest BCUT2D eigenvalue weighted by atomic mass is 9.80. The van der Waals surface area contributed by atoms with Crippen LogP contribution in [0.1, 0.15) is 17.9 Å². The van der Waals surface area contributed by atoms with Gasteiger partial charge in [0.25, 0.3) is 5.56 Å². The summed E-state index contributed by atoms with van der Waals surface area (Å²) in [6, 6.07) is 13.9. The number of carboxylic acid groups (broad SMARTS) is 1. The van der Waals surface area contributed by atoms with E-state index in [9.17, 15) is 19.5 Å². The first-order chi connectivity index (χ1) is 15.5. The van der Waals surface area contributed by atoms with Crippen molar-refractivity contribution in [2.75, 3.05) is 19.6 Å². The van der Waals surface area contributed by atoms with Gasteiger partial charge in [0.1, 0.15) is 5.53 Å². The molecule has 1 aromatic heterocycles. The second-order valence-corrected chi connectivity index (χ2v) is 7.85. The summed E-state index contributed by atoms with van der Waals surface area (Å²) in [5.74, 6) is -2.16. The van der Waals surface area contributed by atoms with Crippen LogP contribution in [0.2, 0.25) is 0 Å². The number of rotatable bonds is 6. The van der Waals surface area contributed by atoms with Gasteiger partial charge in [-0.25, -0.2) is 4.79 Å². The minimum Gasteiger partial charge on any atom is -0.550 e. The number of carbonyl (C=O) groups is 1. The predicted octanol–water partition coefficient (Wildman–Crippen LogP) is 0.727. The molecule has 3 aromatic rings. The van der Waals surface area contributed by atoms with Crippen LogP contribution in [-0.2, 0) is 11.3 Å². The molecule has 0 radical (unpaired) electrons. The van der Waals surface area contributed by atoms with Crippen LogP contribution in [0.4, 0.5) is 5.69 Å². The highest BCUT2D eigenvalue weighted by Gasteiger charge is 2.31.